The van der Waals surface area contributed by atoms with E-state index in [-0.39, 0.29) is 18.0 Å². The number of rotatable bonds is 7. The van der Waals surface area contributed by atoms with Crippen molar-refractivity contribution in [1.82, 2.24) is 5.32 Å². The van der Waals surface area contributed by atoms with Crippen LogP contribution < -0.4 is 19.7 Å². The Morgan fingerprint density at radius 1 is 1.23 bits per heavy atom. The van der Waals surface area contributed by atoms with Gasteiger partial charge in [-0.1, -0.05) is 18.2 Å². The lowest BCUT2D eigenvalue weighted by Crippen LogP contribution is -2.48. The predicted molar refractivity (Wildman–Crippen MR) is 117 cm³/mol. The van der Waals surface area contributed by atoms with E-state index >= 15 is 0 Å². The summed E-state index contributed by atoms with van der Waals surface area (Å²) in [5, 5.41) is 5.39. The second-order valence-electron chi connectivity index (χ2n) is 7.16. The van der Waals surface area contributed by atoms with Crippen molar-refractivity contribution in [3.05, 3.63) is 53.6 Å². The number of ether oxygens (including phenoxy) is 2. The van der Waals surface area contributed by atoms with E-state index in [1.54, 1.807) is 42.5 Å². The first-order chi connectivity index (χ1) is 14.7. The Kier molecular flexibility index (Phi) is 6.81. The summed E-state index contributed by atoms with van der Waals surface area (Å²) < 4.78 is 36.5. The summed E-state index contributed by atoms with van der Waals surface area (Å²) in [6.07, 6.45) is -0.00600. The van der Waals surface area contributed by atoms with Gasteiger partial charge in [0.05, 0.1) is 36.3 Å². The largest absolute Gasteiger partial charge is 0.476 e. The molecule has 0 aromatic heterocycles. The van der Waals surface area contributed by atoms with Crippen molar-refractivity contribution in [3.8, 4) is 5.75 Å². The fraction of sp³-hybridized carbons (Fsp3) is 0.333. The van der Waals surface area contributed by atoms with Gasteiger partial charge in [-0.25, -0.2) is 8.42 Å². The smallest absolute Gasteiger partial charge is 0.267 e. The van der Waals surface area contributed by atoms with Crippen LogP contribution >= 0.6 is 0 Å². The lowest BCUT2D eigenvalue weighted by atomic mass is 10.1. The second-order valence-corrected chi connectivity index (χ2v) is 9.06. The number of methoxy groups -OCH3 is 1. The fourth-order valence-electron chi connectivity index (χ4n) is 3.18. The van der Waals surface area contributed by atoms with Gasteiger partial charge in [0, 0.05) is 13.7 Å². The molecule has 2 amide bonds. The van der Waals surface area contributed by atoms with Gasteiger partial charge in [0.1, 0.15) is 5.75 Å². The number of amides is 2. The number of para-hydroxylation sites is 1. The summed E-state index contributed by atoms with van der Waals surface area (Å²) in [5.74, 6) is -0.624. The molecule has 1 aliphatic heterocycles. The lowest BCUT2D eigenvalue weighted by molar-refractivity contribution is -0.122. The summed E-state index contributed by atoms with van der Waals surface area (Å²) in [5.41, 5.74) is 1.84. The third-order valence-electron chi connectivity index (χ3n) is 4.70. The van der Waals surface area contributed by atoms with Gasteiger partial charge in [0.25, 0.3) is 11.8 Å². The van der Waals surface area contributed by atoms with E-state index in [9.17, 15) is 18.0 Å². The third-order valence-corrected chi connectivity index (χ3v) is 5.84. The highest BCUT2D eigenvalue weighted by atomic mass is 32.2. The zero-order valence-electron chi connectivity index (χ0n) is 17.5. The van der Waals surface area contributed by atoms with Crippen LogP contribution in [0.25, 0.3) is 0 Å². The zero-order chi connectivity index (χ0) is 22.6. The number of aryl methyl sites for hydroxylation is 1. The number of carbonyl (C=O) groups excluding carboxylic acids is 2. The van der Waals surface area contributed by atoms with Crippen molar-refractivity contribution in [2.75, 3.05) is 42.7 Å². The maximum atomic E-state index is 12.9. The van der Waals surface area contributed by atoms with Gasteiger partial charge in [-0.2, -0.15) is 0 Å². The first-order valence-corrected chi connectivity index (χ1v) is 11.5. The molecule has 1 atom stereocenters. The molecule has 9 nitrogen and oxygen atoms in total. The molecule has 2 aromatic carbocycles. The molecule has 10 heteroatoms. The maximum absolute atomic E-state index is 12.9. The van der Waals surface area contributed by atoms with Gasteiger partial charge in [0.15, 0.2) is 6.10 Å². The Bertz CT molecular complexity index is 1090. The number of carbonyl (C=O) groups is 2. The number of anilines is 2. The molecule has 0 fully saturated rings. The minimum atomic E-state index is -3.63. The summed E-state index contributed by atoms with van der Waals surface area (Å²) >= 11 is 0. The molecule has 0 spiro atoms. The molecule has 1 heterocycles. The maximum Gasteiger partial charge on any atom is 0.267 e. The third kappa shape index (κ3) is 5.33. The van der Waals surface area contributed by atoms with Crippen LogP contribution in [0, 0.1) is 6.92 Å². The number of nitrogens with one attached hydrogen (secondary N) is 2. The number of hydrogen-bond acceptors (Lipinski definition) is 6. The number of hydrogen-bond donors (Lipinski definition) is 2. The highest BCUT2D eigenvalue weighted by Gasteiger charge is 2.35. The molecule has 0 aliphatic carbocycles. The van der Waals surface area contributed by atoms with Crippen molar-refractivity contribution in [1.29, 1.82) is 0 Å². The minimum Gasteiger partial charge on any atom is -0.476 e. The van der Waals surface area contributed by atoms with Crippen LogP contribution in [0.1, 0.15) is 15.9 Å². The van der Waals surface area contributed by atoms with Crippen molar-refractivity contribution in [2.24, 2.45) is 0 Å². The normalized spacial score (nSPS) is 15.6. The molecule has 0 radical (unpaired) electrons. The predicted octanol–water partition coefficient (Wildman–Crippen LogP) is 1.54. The van der Waals surface area contributed by atoms with E-state index in [2.05, 4.69) is 10.6 Å². The van der Waals surface area contributed by atoms with Gasteiger partial charge in [0.2, 0.25) is 10.0 Å². The van der Waals surface area contributed by atoms with E-state index in [0.29, 0.717) is 30.3 Å². The van der Waals surface area contributed by atoms with Gasteiger partial charge in [-0.3, -0.25) is 13.9 Å². The zero-order valence-corrected chi connectivity index (χ0v) is 18.4. The van der Waals surface area contributed by atoms with E-state index in [1.165, 1.54) is 7.11 Å². The highest BCUT2D eigenvalue weighted by molar-refractivity contribution is 7.92. The molecule has 1 aliphatic rings. The molecule has 166 valence electrons. The van der Waals surface area contributed by atoms with Gasteiger partial charge in [-0.05, 0) is 36.8 Å². The van der Waals surface area contributed by atoms with Crippen molar-refractivity contribution in [2.45, 2.75) is 13.0 Å². The average Bonchev–Trinajstić information content (AvgIpc) is 2.72. The Balaban J connectivity index is 1.82. The first kappa shape index (κ1) is 22.6. The summed E-state index contributed by atoms with van der Waals surface area (Å²) in [7, 11) is -2.10. The monoisotopic (exact) mass is 447 g/mol. The van der Waals surface area contributed by atoms with Crippen LogP contribution in [0.3, 0.4) is 0 Å². The molecule has 0 saturated heterocycles. The van der Waals surface area contributed by atoms with E-state index in [1.807, 2.05) is 6.92 Å². The molecule has 0 unspecified atom stereocenters. The summed E-state index contributed by atoms with van der Waals surface area (Å²) in [4.78, 5) is 25.4. The van der Waals surface area contributed by atoms with Crippen molar-refractivity contribution in [3.63, 3.8) is 0 Å². The van der Waals surface area contributed by atoms with Crippen molar-refractivity contribution < 1.29 is 27.5 Å². The molecule has 2 N–H and O–H groups in total. The van der Waals surface area contributed by atoms with E-state index in [4.69, 9.17) is 9.47 Å². The molecular formula is C21H25N3O6S. The van der Waals surface area contributed by atoms with Crippen molar-refractivity contribution >= 4 is 33.2 Å². The molecule has 2 aromatic rings. The molecule has 0 bridgehead atoms. The highest BCUT2D eigenvalue weighted by Crippen LogP contribution is 2.36. The molecule has 0 saturated carbocycles. The summed E-state index contributed by atoms with van der Waals surface area (Å²) in [6, 6.07) is 11.7. The Morgan fingerprint density at radius 3 is 2.68 bits per heavy atom. The van der Waals surface area contributed by atoms with Crippen LogP contribution in [0.15, 0.2) is 42.5 Å². The van der Waals surface area contributed by atoms with Gasteiger partial charge >= 0.3 is 0 Å². The van der Waals surface area contributed by atoms with Gasteiger partial charge < -0.3 is 20.1 Å². The number of nitrogens with zero attached hydrogens (tertiary/aromatic N) is 1. The summed E-state index contributed by atoms with van der Waals surface area (Å²) in [6.45, 7) is 2.34. The molecular weight excluding hydrogens is 422 g/mol. The molecule has 31 heavy (non-hydrogen) atoms. The standard InChI is InChI=1S/C21H25N3O6S/c1-14-8-9-18-17(12-14)24(31(3,27)28)13-19(30-18)21(26)23-16-7-5-4-6-15(16)20(25)22-10-11-29-2/h4-9,12,19H,10-11,13H2,1-3H3,(H,22,25)(H,23,26)/t19-/m0/s1. The SMILES string of the molecule is COCCNC(=O)c1ccccc1NC(=O)[C@@H]1CN(S(C)(=O)=O)c2cc(C)ccc2O1. The second kappa shape index (κ2) is 9.36. The first-order valence-electron chi connectivity index (χ1n) is 9.62. The molecule has 3 rings (SSSR count). The number of benzene rings is 2. The Hall–Kier alpha value is -3.11. The van der Waals surface area contributed by atoms with Crippen LogP contribution in [-0.2, 0) is 19.6 Å². The Morgan fingerprint density at radius 2 is 1.97 bits per heavy atom. The quantitative estimate of drug-likeness (QED) is 0.623. The lowest BCUT2D eigenvalue weighted by Gasteiger charge is -2.34. The van der Waals surface area contributed by atoms with E-state index < -0.39 is 22.0 Å². The number of sulfonamides is 1. The van der Waals surface area contributed by atoms with Crippen LogP contribution in [0.2, 0.25) is 0 Å². The van der Waals surface area contributed by atoms with Gasteiger partial charge in [-0.15, -0.1) is 0 Å². The van der Waals surface area contributed by atoms with Crippen LogP contribution in [0.5, 0.6) is 5.75 Å². The topological polar surface area (TPSA) is 114 Å². The number of fused-ring (bicyclic) bond motifs is 1. The minimum absolute atomic E-state index is 0.177. The van der Waals surface area contributed by atoms with Crippen LogP contribution in [-0.4, -0.2) is 59.4 Å². The Labute approximate surface area is 181 Å². The fourth-order valence-corrected chi connectivity index (χ4v) is 4.08. The van der Waals surface area contributed by atoms with Crippen LogP contribution in [0.4, 0.5) is 11.4 Å². The average molecular weight is 448 g/mol. The van der Waals surface area contributed by atoms with E-state index in [0.717, 1.165) is 16.1 Å².